The van der Waals surface area contributed by atoms with Crippen LogP contribution in [0.4, 0.5) is 0 Å². The van der Waals surface area contributed by atoms with E-state index in [0.717, 1.165) is 51.7 Å². The molecule has 0 bridgehead atoms. The Labute approximate surface area is 184 Å². The van der Waals surface area contributed by atoms with E-state index in [0.29, 0.717) is 25.1 Å². The fourth-order valence-electron chi connectivity index (χ4n) is 4.47. The second kappa shape index (κ2) is 8.00. The second-order valence-electron chi connectivity index (χ2n) is 8.10. The minimum absolute atomic E-state index is 0.0300. The fraction of sp³-hybridized carbons (Fsp3) is 0.435. The van der Waals surface area contributed by atoms with Crippen LogP contribution in [0.2, 0.25) is 0 Å². The summed E-state index contributed by atoms with van der Waals surface area (Å²) in [6.07, 6.45) is 3.73. The van der Waals surface area contributed by atoms with Gasteiger partial charge in [0.15, 0.2) is 11.5 Å². The van der Waals surface area contributed by atoms with Crippen molar-refractivity contribution in [1.29, 1.82) is 0 Å². The zero-order chi connectivity index (χ0) is 21.5. The number of hydrogen-bond donors (Lipinski definition) is 0. The quantitative estimate of drug-likeness (QED) is 0.621. The minimum atomic E-state index is -0.0653. The molecule has 2 aromatic heterocycles. The molecule has 0 aliphatic carbocycles. The highest BCUT2D eigenvalue weighted by atomic mass is 32.1. The van der Waals surface area contributed by atoms with Crippen LogP contribution in [-0.4, -0.2) is 40.1 Å². The minimum Gasteiger partial charge on any atom is -0.486 e. The first-order chi connectivity index (χ1) is 15.0. The lowest BCUT2D eigenvalue weighted by atomic mass is 10.0. The smallest absolute Gasteiger partial charge is 0.262 e. The monoisotopic (exact) mass is 439 g/mol. The van der Waals surface area contributed by atoms with E-state index in [1.54, 1.807) is 10.9 Å². The van der Waals surface area contributed by atoms with Crippen LogP contribution >= 0.6 is 11.3 Å². The third-order valence-electron chi connectivity index (χ3n) is 6.25. The molecule has 2 aliphatic heterocycles. The van der Waals surface area contributed by atoms with Crippen molar-refractivity contribution in [2.75, 3.05) is 19.8 Å². The Morgan fingerprint density at radius 2 is 2.03 bits per heavy atom. The number of carbonyl (C=O) groups excluding carboxylic acids is 1. The SMILES string of the molecule is Cc1sc2ncn(CCC(=O)N3CCC[C@H]3c3ccc4c(c3)OCCO4)c(=O)c2c1C. The molecule has 1 atom stereocenters. The molecule has 1 amide bonds. The van der Waals surface area contributed by atoms with Gasteiger partial charge in [0, 0.05) is 24.4 Å². The van der Waals surface area contributed by atoms with Gasteiger partial charge in [-0.1, -0.05) is 6.07 Å². The molecule has 1 aromatic carbocycles. The number of aromatic nitrogens is 2. The van der Waals surface area contributed by atoms with Crippen LogP contribution in [-0.2, 0) is 11.3 Å². The number of amides is 1. The number of hydrogen-bond acceptors (Lipinski definition) is 6. The average Bonchev–Trinajstić information content (AvgIpc) is 3.38. The molecule has 8 heteroatoms. The topological polar surface area (TPSA) is 73.7 Å². The van der Waals surface area contributed by atoms with Crippen molar-refractivity contribution in [3.63, 3.8) is 0 Å². The number of thiophene rings is 1. The van der Waals surface area contributed by atoms with E-state index in [2.05, 4.69) is 4.98 Å². The van der Waals surface area contributed by atoms with E-state index in [1.807, 2.05) is 36.9 Å². The lowest BCUT2D eigenvalue weighted by Crippen LogP contribution is -2.32. The highest BCUT2D eigenvalue weighted by Crippen LogP contribution is 2.38. The van der Waals surface area contributed by atoms with Gasteiger partial charge in [-0.15, -0.1) is 11.3 Å². The highest BCUT2D eigenvalue weighted by Gasteiger charge is 2.30. The number of carbonyl (C=O) groups is 1. The molecular formula is C23H25N3O4S. The number of fused-ring (bicyclic) bond motifs is 2. The third kappa shape index (κ3) is 3.59. The molecule has 3 aromatic rings. The predicted octanol–water partition coefficient (Wildman–Crippen LogP) is 3.60. The van der Waals surface area contributed by atoms with Gasteiger partial charge in [-0.25, -0.2) is 4.98 Å². The lowest BCUT2D eigenvalue weighted by molar-refractivity contribution is -0.132. The molecule has 31 heavy (non-hydrogen) atoms. The van der Waals surface area contributed by atoms with Crippen LogP contribution in [0.3, 0.4) is 0 Å². The summed E-state index contributed by atoms with van der Waals surface area (Å²) in [7, 11) is 0. The van der Waals surface area contributed by atoms with Crippen molar-refractivity contribution < 1.29 is 14.3 Å². The Hall–Kier alpha value is -2.87. The number of benzene rings is 1. The molecule has 1 saturated heterocycles. The molecule has 4 heterocycles. The highest BCUT2D eigenvalue weighted by molar-refractivity contribution is 7.18. The van der Waals surface area contributed by atoms with Gasteiger partial charge >= 0.3 is 0 Å². The number of likely N-dealkylation sites (tertiary alicyclic amines) is 1. The summed E-state index contributed by atoms with van der Waals surface area (Å²) in [4.78, 5) is 34.2. The summed E-state index contributed by atoms with van der Waals surface area (Å²) in [5.41, 5.74) is 1.99. The Kier molecular flexibility index (Phi) is 5.17. The van der Waals surface area contributed by atoms with Crippen LogP contribution in [0, 0.1) is 13.8 Å². The maximum Gasteiger partial charge on any atom is 0.262 e. The number of rotatable bonds is 4. The van der Waals surface area contributed by atoms with Crippen molar-refractivity contribution in [3.8, 4) is 11.5 Å². The fourth-order valence-corrected chi connectivity index (χ4v) is 5.46. The van der Waals surface area contributed by atoms with Gasteiger partial charge in [0.25, 0.3) is 5.56 Å². The third-order valence-corrected chi connectivity index (χ3v) is 7.36. The molecule has 0 saturated carbocycles. The van der Waals surface area contributed by atoms with Gasteiger partial charge in [0.1, 0.15) is 18.0 Å². The van der Waals surface area contributed by atoms with Crippen LogP contribution in [0.5, 0.6) is 11.5 Å². The first-order valence-electron chi connectivity index (χ1n) is 10.7. The standard InChI is InChI=1S/C23H25N3O4S/c1-14-15(2)31-22-21(14)23(28)25(13-24-22)9-7-20(27)26-8-3-4-17(26)16-5-6-18-19(12-16)30-11-10-29-18/h5-6,12-13,17H,3-4,7-11H2,1-2H3/t17-/m0/s1. The van der Waals surface area contributed by atoms with Crippen molar-refractivity contribution in [1.82, 2.24) is 14.5 Å². The Morgan fingerprint density at radius 3 is 2.87 bits per heavy atom. The molecule has 0 N–H and O–H groups in total. The van der Waals surface area contributed by atoms with Gasteiger partial charge in [-0.05, 0) is 49.9 Å². The van der Waals surface area contributed by atoms with Crippen LogP contribution in [0.15, 0.2) is 29.3 Å². The summed E-state index contributed by atoms with van der Waals surface area (Å²) in [5.74, 6) is 1.56. The van der Waals surface area contributed by atoms with E-state index in [9.17, 15) is 9.59 Å². The molecule has 1 fully saturated rings. The van der Waals surface area contributed by atoms with E-state index in [4.69, 9.17) is 9.47 Å². The van der Waals surface area contributed by atoms with Crippen molar-refractivity contribution >= 4 is 27.5 Å². The molecule has 0 spiro atoms. The van der Waals surface area contributed by atoms with Crippen LogP contribution in [0.1, 0.15) is 41.3 Å². The molecular weight excluding hydrogens is 414 g/mol. The number of aryl methyl sites for hydroxylation is 3. The van der Waals surface area contributed by atoms with E-state index < -0.39 is 0 Å². The zero-order valence-electron chi connectivity index (χ0n) is 17.7. The maximum absolute atomic E-state index is 13.1. The van der Waals surface area contributed by atoms with Crippen molar-refractivity contribution in [2.24, 2.45) is 0 Å². The molecule has 0 unspecified atom stereocenters. The second-order valence-corrected chi connectivity index (χ2v) is 9.31. The van der Waals surface area contributed by atoms with E-state index in [-0.39, 0.29) is 23.9 Å². The first kappa shape index (κ1) is 20.1. The van der Waals surface area contributed by atoms with Crippen LogP contribution < -0.4 is 15.0 Å². The number of nitrogens with zero attached hydrogens (tertiary/aromatic N) is 3. The van der Waals surface area contributed by atoms with E-state index >= 15 is 0 Å². The molecule has 7 nitrogen and oxygen atoms in total. The summed E-state index contributed by atoms with van der Waals surface area (Å²) in [5, 5.41) is 0.674. The molecule has 2 aliphatic rings. The van der Waals surface area contributed by atoms with Gasteiger partial charge in [-0.3, -0.25) is 14.2 Å². The Morgan fingerprint density at radius 1 is 1.23 bits per heavy atom. The largest absolute Gasteiger partial charge is 0.486 e. The predicted molar refractivity (Wildman–Crippen MR) is 119 cm³/mol. The molecule has 0 radical (unpaired) electrons. The van der Waals surface area contributed by atoms with E-state index in [1.165, 1.54) is 11.3 Å². The Balaban J connectivity index is 1.32. The van der Waals surface area contributed by atoms with Gasteiger partial charge in [0.05, 0.1) is 17.8 Å². The normalized spacial score (nSPS) is 18.0. The average molecular weight is 440 g/mol. The maximum atomic E-state index is 13.1. The van der Waals surface area contributed by atoms with Gasteiger partial charge in [-0.2, -0.15) is 0 Å². The summed E-state index contributed by atoms with van der Waals surface area (Å²) in [6, 6.07) is 5.97. The first-order valence-corrected chi connectivity index (χ1v) is 11.5. The Bertz CT molecular complexity index is 1220. The zero-order valence-corrected chi connectivity index (χ0v) is 18.5. The van der Waals surface area contributed by atoms with Crippen LogP contribution in [0.25, 0.3) is 10.2 Å². The summed E-state index contributed by atoms with van der Waals surface area (Å²) >= 11 is 1.54. The van der Waals surface area contributed by atoms with Crippen molar-refractivity contribution in [2.45, 2.75) is 45.7 Å². The van der Waals surface area contributed by atoms with Gasteiger partial charge < -0.3 is 14.4 Å². The van der Waals surface area contributed by atoms with Gasteiger partial charge in [0.2, 0.25) is 5.91 Å². The van der Waals surface area contributed by atoms with Crippen molar-refractivity contribution in [3.05, 3.63) is 50.9 Å². The lowest BCUT2D eigenvalue weighted by Gasteiger charge is -2.27. The molecule has 162 valence electrons. The summed E-state index contributed by atoms with van der Waals surface area (Å²) in [6.45, 7) is 6.12. The number of ether oxygens (including phenoxy) is 2. The molecule has 5 rings (SSSR count). The summed E-state index contributed by atoms with van der Waals surface area (Å²) < 4.78 is 12.9.